The molecule has 1 heterocycles. The predicted octanol–water partition coefficient (Wildman–Crippen LogP) is 0.446. The highest BCUT2D eigenvalue weighted by molar-refractivity contribution is 5.73. The first-order chi connectivity index (χ1) is 7.15. The molecule has 5 nitrogen and oxygen atoms in total. The van der Waals surface area contributed by atoms with Gasteiger partial charge < -0.3 is 14.5 Å². The van der Waals surface area contributed by atoms with Crippen LogP contribution in [0.2, 0.25) is 0 Å². The normalized spacial score (nSPS) is 9.73. The first kappa shape index (κ1) is 11.3. The summed E-state index contributed by atoms with van der Waals surface area (Å²) >= 11 is 0. The fourth-order valence-electron chi connectivity index (χ4n) is 1.15. The van der Waals surface area contributed by atoms with Crippen LogP contribution < -0.4 is 0 Å². The van der Waals surface area contributed by atoms with Crippen LogP contribution >= 0.6 is 0 Å². The van der Waals surface area contributed by atoms with E-state index in [4.69, 9.17) is 0 Å². The molecular weight excluding hydrogens is 198 g/mol. The molecule has 1 rings (SSSR count). The summed E-state index contributed by atoms with van der Waals surface area (Å²) in [4.78, 5) is 24.8. The number of H-pyrrole nitrogens is 1. The van der Waals surface area contributed by atoms with E-state index in [0.717, 1.165) is 11.4 Å². The van der Waals surface area contributed by atoms with Crippen LogP contribution in [0.1, 0.15) is 11.4 Å². The lowest BCUT2D eigenvalue weighted by Crippen LogP contribution is -2.06. The minimum Gasteiger partial charge on any atom is -0.469 e. The molecule has 15 heavy (non-hydrogen) atoms. The quantitative estimate of drug-likeness (QED) is 0.734. The summed E-state index contributed by atoms with van der Waals surface area (Å²) in [7, 11) is 2.67. The number of methoxy groups -OCH3 is 2. The molecule has 0 atom stereocenters. The van der Waals surface area contributed by atoms with Gasteiger partial charge in [-0.05, 0) is 12.1 Å². The Labute approximate surface area is 87.4 Å². The minimum absolute atomic E-state index is 0.178. The molecule has 1 N–H and O–H groups in total. The molecule has 0 saturated carbocycles. The van der Waals surface area contributed by atoms with Crippen molar-refractivity contribution in [1.29, 1.82) is 0 Å². The molecular formula is C10H13NO4. The average Bonchev–Trinajstić information content (AvgIpc) is 2.65. The van der Waals surface area contributed by atoms with Crippen molar-refractivity contribution in [1.82, 2.24) is 4.98 Å². The average molecular weight is 211 g/mol. The zero-order chi connectivity index (χ0) is 11.3. The van der Waals surface area contributed by atoms with Crippen LogP contribution in [-0.4, -0.2) is 31.1 Å². The smallest absolute Gasteiger partial charge is 0.311 e. The minimum atomic E-state index is -0.318. The zero-order valence-electron chi connectivity index (χ0n) is 8.70. The predicted molar refractivity (Wildman–Crippen MR) is 52.2 cm³/mol. The molecule has 0 aliphatic rings. The number of aromatic amines is 1. The molecule has 0 amide bonds. The number of aromatic nitrogens is 1. The molecule has 0 radical (unpaired) electrons. The maximum absolute atomic E-state index is 10.9. The van der Waals surface area contributed by atoms with Gasteiger partial charge in [-0.2, -0.15) is 0 Å². The molecule has 5 heteroatoms. The Balaban J connectivity index is 2.56. The first-order valence-electron chi connectivity index (χ1n) is 4.46. The van der Waals surface area contributed by atoms with Gasteiger partial charge in [0.15, 0.2) is 0 Å². The van der Waals surface area contributed by atoms with Gasteiger partial charge in [-0.25, -0.2) is 0 Å². The van der Waals surface area contributed by atoms with Crippen LogP contribution in [-0.2, 0) is 31.9 Å². The number of ether oxygens (including phenoxy) is 2. The van der Waals surface area contributed by atoms with Gasteiger partial charge in [0.05, 0.1) is 27.1 Å². The Morgan fingerprint density at radius 2 is 1.47 bits per heavy atom. The van der Waals surface area contributed by atoms with E-state index in [2.05, 4.69) is 14.5 Å². The molecule has 0 bridgehead atoms. The summed E-state index contributed by atoms with van der Waals surface area (Å²) in [5.74, 6) is -0.636. The van der Waals surface area contributed by atoms with Crippen LogP contribution in [0, 0.1) is 0 Å². The SMILES string of the molecule is COC(=O)Cc1ccc(CC(=O)OC)[nH]1. The van der Waals surface area contributed by atoms with Crippen molar-refractivity contribution >= 4 is 11.9 Å². The van der Waals surface area contributed by atoms with Gasteiger partial charge in [-0.3, -0.25) is 9.59 Å². The molecule has 1 aromatic heterocycles. The Bertz CT molecular complexity index is 324. The van der Waals surface area contributed by atoms with E-state index in [1.165, 1.54) is 14.2 Å². The summed E-state index contributed by atoms with van der Waals surface area (Å²) < 4.78 is 9.03. The molecule has 0 unspecified atom stereocenters. The zero-order valence-corrected chi connectivity index (χ0v) is 8.70. The summed E-state index contributed by atoms with van der Waals surface area (Å²) in [6, 6.07) is 3.49. The van der Waals surface area contributed by atoms with Gasteiger partial charge in [-0.15, -0.1) is 0 Å². The Morgan fingerprint density at radius 1 is 1.07 bits per heavy atom. The van der Waals surface area contributed by atoms with Gasteiger partial charge in [0.1, 0.15) is 0 Å². The van der Waals surface area contributed by atoms with Crippen LogP contribution in [0.5, 0.6) is 0 Å². The maximum atomic E-state index is 10.9. The number of carbonyl (C=O) groups excluding carboxylic acids is 2. The standard InChI is InChI=1S/C10H13NO4/c1-14-9(12)5-7-3-4-8(11-7)6-10(13)15-2/h3-4,11H,5-6H2,1-2H3. The number of nitrogens with one attached hydrogen (secondary N) is 1. The number of rotatable bonds is 4. The largest absolute Gasteiger partial charge is 0.469 e. The van der Waals surface area contributed by atoms with Crippen LogP contribution in [0.25, 0.3) is 0 Å². The molecule has 82 valence electrons. The van der Waals surface area contributed by atoms with Gasteiger partial charge in [-0.1, -0.05) is 0 Å². The third-order valence-corrected chi connectivity index (χ3v) is 1.93. The molecule has 1 aromatic rings. The number of hydrogen-bond donors (Lipinski definition) is 1. The Kier molecular flexibility index (Phi) is 3.91. The van der Waals surface area contributed by atoms with Crippen LogP contribution in [0.4, 0.5) is 0 Å². The molecule has 0 fully saturated rings. The summed E-state index contributed by atoms with van der Waals surface area (Å²) in [5.41, 5.74) is 1.45. The van der Waals surface area contributed by atoms with Crippen molar-refractivity contribution in [2.24, 2.45) is 0 Å². The maximum Gasteiger partial charge on any atom is 0.311 e. The number of carbonyl (C=O) groups is 2. The Morgan fingerprint density at radius 3 is 1.80 bits per heavy atom. The third kappa shape index (κ3) is 3.46. The highest BCUT2D eigenvalue weighted by Gasteiger charge is 2.08. The lowest BCUT2D eigenvalue weighted by atomic mass is 10.3. The van der Waals surface area contributed by atoms with Crippen molar-refractivity contribution in [3.05, 3.63) is 23.5 Å². The molecule has 0 saturated heterocycles. The van der Waals surface area contributed by atoms with Gasteiger partial charge in [0.25, 0.3) is 0 Å². The van der Waals surface area contributed by atoms with Crippen LogP contribution in [0.15, 0.2) is 12.1 Å². The fourth-order valence-corrected chi connectivity index (χ4v) is 1.15. The van der Waals surface area contributed by atoms with E-state index in [-0.39, 0.29) is 24.8 Å². The van der Waals surface area contributed by atoms with Crippen LogP contribution in [0.3, 0.4) is 0 Å². The van der Waals surface area contributed by atoms with E-state index >= 15 is 0 Å². The lowest BCUT2D eigenvalue weighted by molar-refractivity contribution is -0.140. The molecule has 0 aliphatic carbocycles. The first-order valence-corrected chi connectivity index (χ1v) is 4.46. The second kappa shape index (κ2) is 5.19. The van der Waals surface area contributed by atoms with Crippen molar-refractivity contribution < 1.29 is 19.1 Å². The van der Waals surface area contributed by atoms with Gasteiger partial charge >= 0.3 is 11.9 Å². The highest BCUT2D eigenvalue weighted by Crippen LogP contribution is 2.04. The van der Waals surface area contributed by atoms with Gasteiger partial charge in [0, 0.05) is 11.4 Å². The van der Waals surface area contributed by atoms with E-state index < -0.39 is 0 Å². The fraction of sp³-hybridized carbons (Fsp3) is 0.400. The van der Waals surface area contributed by atoms with E-state index in [0.29, 0.717) is 0 Å². The molecule has 0 aliphatic heterocycles. The lowest BCUT2D eigenvalue weighted by Gasteiger charge is -1.97. The second-order valence-corrected chi connectivity index (χ2v) is 3.01. The summed E-state index contributed by atoms with van der Waals surface area (Å²) in [6.45, 7) is 0. The van der Waals surface area contributed by atoms with Crippen molar-refractivity contribution in [3.63, 3.8) is 0 Å². The molecule has 0 spiro atoms. The van der Waals surface area contributed by atoms with Crippen molar-refractivity contribution in [2.75, 3.05) is 14.2 Å². The van der Waals surface area contributed by atoms with Crippen molar-refractivity contribution in [2.45, 2.75) is 12.8 Å². The third-order valence-electron chi connectivity index (χ3n) is 1.93. The monoisotopic (exact) mass is 211 g/mol. The van der Waals surface area contributed by atoms with Crippen molar-refractivity contribution in [3.8, 4) is 0 Å². The Hall–Kier alpha value is -1.78. The number of hydrogen-bond acceptors (Lipinski definition) is 4. The summed E-state index contributed by atoms with van der Waals surface area (Å²) in [6.07, 6.45) is 0.356. The van der Waals surface area contributed by atoms with E-state index in [1.807, 2.05) is 0 Å². The highest BCUT2D eigenvalue weighted by atomic mass is 16.5. The molecule has 0 aromatic carbocycles. The van der Waals surface area contributed by atoms with E-state index in [1.54, 1.807) is 12.1 Å². The summed E-state index contributed by atoms with van der Waals surface area (Å²) in [5, 5.41) is 0. The topological polar surface area (TPSA) is 68.4 Å². The van der Waals surface area contributed by atoms with E-state index in [9.17, 15) is 9.59 Å². The second-order valence-electron chi connectivity index (χ2n) is 3.01. The van der Waals surface area contributed by atoms with Gasteiger partial charge in [0.2, 0.25) is 0 Å². The number of esters is 2.